The van der Waals surface area contributed by atoms with Crippen LogP contribution in [0.1, 0.15) is 22.3 Å². The van der Waals surface area contributed by atoms with Crippen LogP contribution in [-0.4, -0.2) is 15.0 Å². The van der Waals surface area contributed by atoms with Gasteiger partial charge in [0.2, 0.25) is 0 Å². The third-order valence-electron chi connectivity index (χ3n) is 13.3. The normalized spacial score (nSPS) is 12.9. The van der Waals surface area contributed by atoms with Gasteiger partial charge in [0.05, 0.1) is 28.0 Å². The van der Waals surface area contributed by atoms with Gasteiger partial charge in [-0.3, -0.25) is 0 Å². The molecule has 63 heavy (non-hydrogen) atoms. The minimum Gasteiger partial charge on any atom is -0.248 e. The molecule has 3 nitrogen and oxygen atoms in total. The molecule has 2 aliphatic carbocycles. The van der Waals surface area contributed by atoms with Gasteiger partial charge in [-0.25, -0.2) is 15.0 Å². The second-order valence-electron chi connectivity index (χ2n) is 16.7. The highest BCUT2D eigenvalue weighted by Crippen LogP contribution is 2.63. The summed E-state index contributed by atoms with van der Waals surface area (Å²) in [6, 6.07) is 80.8. The molecule has 2 aromatic heterocycles. The van der Waals surface area contributed by atoms with Gasteiger partial charge in [0.25, 0.3) is 0 Å². The first-order chi connectivity index (χ1) is 31.2. The number of fused-ring (bicyclic) bond motifs is 12. The number of benzene rings is 9. The monoisotopic (exact) mass is 799 g/mol. The molecule has 3 heteroatoms. The Hall–Kier alpha value is -8.27. The van der Waals surface area contributed by atoms with Crippen molar-refractivity contribution in [2.75, 3.05) is 0 Å². The second-order valence-corrected chi connectivity index (χ2v) is 16.7. The van der Waals surface area contributed by atoms with Crippen molar-refractivity contribution in [3.63, 3.8) is 0 Å². The molecule has 0 atom stereocenters. The van der Waals surface area contributed by atoms with E-state index in [1.54, 1.807) is 0 Å². The molecule has 0 amide bonds. The Morgan fingerprint density at radius 2 is 0.746 bits per heavy atom. The van der Waals surface area contributed by atoms with Crippen LogP contribution in [-0.2, 0) is 5.41 Å². The summed E-state index contributed by atoms with van der Waals surface area (Å²) in [6.45, 7) is 0. The quantitative estimate of drug-likeness (QED) is 0.174. The smallest absolute Gasteiger partial charge is 0.161 e. The van der Waals surface area contributed by atoms with Gasteiger partial charge in [0.1, 0.15) is 0 Å². The largest absolute Gasteiger partial charge is 0.248 e. The first-order valence-corrected chi connectivity index (χ1v) is 21.6. The number of nitrogens with zero attached hydrogens (tertiary/aromatic N) is 3. The lowest BCUT2D eigenvalue weighted by Crippen LogP contribution is -2.25. The lowest BCUT2D eigenvalue weighted by atomic mass is 9.70. The van der Waals surface area contributed by atoms with Crippen LogP contribution >= 0.6 is 0 Å². The standard InChI is InChI=1S/C60H37N3/c1-4-18-38(19-5-1)55-35-47(42-32-41-24-10-11-25-43(41)50(33-42)59-62-56(39-20-6-2-7-21-39)37-57(63-59)40-22-8-3-9-23-40)49-34-48-46-28-14-17-31-53(46)60(54(48)36-58(49)61-55)51-29-15-12-26-44(51)45-27-13-16-30-52(45)60/h1-37H. The molecule has 0 aliphatic heterocycles. The van der Waals surface area contributed by atoms with E-state index in [4.69, 9.17) is 15.0 Å². The second kappa shape index (κ2) is 13.9. The van der Waals surface area contributed by atoms with Gasteiger partial charge >= 0.3 is 0 Å². The Kier molecular flexibility index (Phi) is 7.82. The van der Waals surface area contributed by atoms with Crippen molar-refractivity contribution in [2.24, 2.45) is 0 Å². The molecule has 1 spiro atoms. The molecule has 0 fully saturated rings. The molecule has 0 radical (unpaired) electrons. The Morgan fingerprint density at radius 3 is 1.32 bits per heavy atom. The number of aromatic nitrogens is 3. The van der Waals surface area contributed by atoms with Crippen molar-refractivity contribution < 1.29 is 0 Å². The zero-order valence-corrected chi connectivity index (χ0v) is 34.2. The van der Waals surface area contributed by atoms with Gasteiger partial charge < -0.3 is 0 Å². The minimum absolute atomic E-state index is 0.467. The topological polar surface area (TPSA) is 38.7 Å². The van der Waals surface area contributed by atoms with Gasteiger partial charge in [-0.2, -0.15) is 0 Å². The highest BCUT2D eigenvalue weighted by Gasteiger charge is 2.51. The lowest BCUT2D eigenvalue weighted by molar-refractivity contribution is 0.794. The van der Waals surface area contributed by atoms with E-state index in [9.17, 15) is 0 Å². The Morgan fingerprint density at radius 1 is 0.270 bits per heavy atom. The van der Waals surface area contributed by atoms with E-state index in [2.05, 4.69) is 212 Å². The van der Waals surface area contributed by atoms with Crippen molar-refractivity contribution in [2.45, 2.75) is 5.41 Å². The van der Waals surface area contributed by atoms with Crippen LogP contribution in [0, 0.1) is 0 Å². The molecular formula is C60H37N3. The summed E-state index contributed by atoms with van der Waals surface area (Å²) < 4.78 is 0. The highest BCUT2D eigenvalue weighted by molar-refractivity contribution is 6.07. The molecule has 2 aliphatic rings. The van der Waals surface area contributed by atoms with Crippen molar-refractivity contribution in [3.05, 3.63) is 247 Å². The van der Waals surface area contributed by atoms with Gasteiger partial charge in [0.15, 0.2) is 5.82 Å². The van der Waals surface area contributed by atoms with Crippen LogP contribution in [0.15, 0.2) is 224 Å². The van der Waals surface area contributed by atoms with Crippen molar-refractivity contribution >= 4 is 21.7 Å². The number of pyridine rings is 1. The fraction of sp³-hybridized carbons (Fsp3) is 0.0167. The molecule has 0 unspecified atom stereocenters. The van der Waals surface area contributed by atoms with E-state index >= 15 is 0 Å². The highest BCUT2D eigenvalue weighted by atomic mass is 14.9. The van der Waals surface area contributed by atoms with Crippen LogP contribution < -0.4 is 0 Å². The van der Waals surface area contributed by atoms with Crippen LogP contribution in [0.2, 0.25) is 0 Å². The van der Waals surface area contributed by atoms with E-state index in [1.165, 1.54) is 44.5 Å². The Balaban J connectivity index is 1.10. The van der Waals surface area contributed by atoms with Gasteiger partial charge in [-0.15, -0.1) is 0 Å². The van der Waals surface area contributed by atoms with E-state index in [0.29, 0.717) is 5.82 Å². The zero-order valence-electron chi connectivity index (χ0n) is 34.2. The fourth-order valence-electron chi connectivity index (χ4n) is 10.5. The van der Waals surface area contributed by atoms with Gasteiger partial charge in [0, 0.05) is 27.6 Å². The maximum atomic E-state index is 5.55. The number of hydrogen-bond donors (Lipinski definition) is 0. The van der Waals surface area contributed by atoms with Crippen LogP contribution in [0.25, 0.3) is 100 Å². The van der Waals surface area contributed by atoms with Crippen molar-refractivity contribution in [1.29, 1.82) is 0 Å². The molecular weight excluding hydrogens is 763 g/mol. The van der Waals surface area contributed by atoms with Crippen LogP contribution in [0.4, 0.5) is 0 Å². The van der Waals surface area contributed by atoms with Gasteiger partial charge in [-0.05, 0) is 103 Å². The molecule has 0 bridgehead atoms. The molecule has 9 aromatic carbocycles. The predicted molar refractivity (Wildman–Crippen MR) is 258 cm³/mol. The van der Waals surface area contributed by atoms with Crippen molar-refractivity contribution in [3.8, 4) is 78.5 Å². The third-order valence-corrected chi connectivity index (χ3v) is 13.3. The van der Waals surface area contributed by atoms with Crippen LogP contribution in [0.5, 0.6) is 0 Å². The summed E-state index contributed by atoms with van der Waals surface area (Å²) in [4.78, 5) is 16.2. The summed E-state index contributed by atoms with van der Waals surface area (Å²) in [7, 11) is 0. The maximum absolute atomic E-state index is 5.55. The first kappa shape index (κ1) is 35.5. The molecule has 0 saturated carbocycles. The molecule has 11 aromatic rings. The van der Waals surface area contributed by atoms with E-state index in [0.717, 1.165) is 72.1 Å². The Bertz CT molecular complexity index is 3510. The predicted octanol–water partition coefficient (Wildman–Crippen LogP) is 14.9. The number of hydrogen-bond acceptors (Lipinski definition) is 3. The maximum Gasteiger partial charge on any atom is 0.161 e. The van der Waals surface area contributed by atoms with E-state index in [-0.39, 0.29) is 0 Å². The van der Waals surface area contributed by atoms with Crippen molar-refractivity contribution in [1.82, 2.24) is 15.0 Å². The SMILES string of the molecule is c1ccc(-c2cc(-c3ccccc3)nc(-c3cc(-c4cc(-c5ccccc5)nc5cc6c(cc45)-c4ccccc4C64c5ccccc5-c5ccccc54)cc4ccccc34)n2)cc1. The average molecular weight is 800 g/mol. The van der Waals surface area contributed by atoms with Gasteiger partial charge in [-0.1, -0.05) is 188 Å². The zero-order chi connectivity index (χ0) is 41.5. The number of rotatable bonds is 5. The fourth-order valence-corrected chi connectivity index (χ4v) is 10.5. The molecule has 13 rings (SSSR count). The summed E-state index contributed by atoms with van der Waals surface area (Å²) in [5.41, 5.74) is 19.9. The summed E-state index contributed by atoms with van der Waals surface area (Å²) in [5.74, 6) is 0.685. The molecule has 0 N–H and O–H groups in total. The average Bonchev–Trinajstić information content (AvgIpc) is 3.82. The van der Waals surface area contributed by atoms with Crippen LogP contribution in [0.3, 0.4) is 0 Å². The molecule has 2 heterocycles. The lowest BCUT2D eigenvalue weighted by Gasteiger charge is -2.30. The minimum atomic E-state index is -0.467. The Labute approximate surface area is 365 Å². The molecule has 0 saturated heterocycles. The summed E-state index contributed by atoms with van der Waals surface area (Å²) >= 11 is 0. The molecule has 292 valence electrons. The summed E-state index contributed by atoms with van der Waals surface area (Å²) in [6.07, 6.45) is 0. The van der Waals surface area contributed by atoms with E-state index in [1.807, 2.05) is 12.1 Å². The first-order valence-electron chi connectivity index (χ1n) is 21.6. The third kappa shape index (κ3) is 5.36. The summed E-state index contributed by atoms with van der Waals surface area (Å²) in [5, 5.41) is 3.32. The van der Waals surface area contributed by atoms with E-state index < -0.39 is 5.41 Å².